The Morgan fingerprint density at radius 3 is 1.41 bits per heavy atom. The Morgan fingerprint density at radius 2 is 1.10 bits per heavy atom. The van der Waals surface area contributed by atoms with E-state index >= 15 is 0 Å². The van der Waals surface area contributed by atoms with Gasteiger partial charge in [-0.3, -0.25) is 18.3 Å². The predicted octanol–water partition coefficient (Wildman–Crippen LogP) is 1.48. The van der Waals surface area contributed by atoms with Crippen LogP contribution in [0.4, 0.5) is 0 Å². The van der Waals surface area contributed by atoms with Crippen LogP contribution < -0.4 is 32.6 Å². The molecule has 2 aromatic heterocycles. The van der Waals surface area contributed by atoms with E-state index in [1.807, 2.05) is 41.5 Å². The van der Waals surface area contributed by atoms with Crippen molar-refractivity contribution in [2.75, 3.05) is 19.8 Å². The minimum atomic E-state index is -0.242. The van der Waals surface area contributed by atoms with E-state index in [0.29, 0.717) is 56.2 Å². The van der Waals surface area contributed by atoms with Gasteiger partial charge in [-0.05, 0) is 62.0 Å². The first kappa shape index (κ1) is 32.2. The van der Waals surface area contributed by atoms with Gasteiger partial charge in [0, 0.05) is 39.3 Å². The van der Waals surface area contributed by atoms with Crippen molar-refractivity contribution in [2.45, 2.75) is 80.6 Å². The summed E-state index contributed by atoms with van der Waals surface area (Å²) in [5.41, 5.74) is -0.912. The lowest BCUT2D eigenvalue weighted by molar-refractivity contribution is 0.261. The van der Waals surface area contributed by atoms with E-state index in [9.17, 15) is 19.8 Å². The fraction of sp³-hybridized carbons (Fsp3) is 0.680. The molecule has 0 aliphatic carbocycles. The summed E-state index contributed by atoms with van der Waals surface area (Å²) in [7, 11) is 0. The van der Waals surface area contributed by atoms with Crippen LogP contribution in [0, 0.1) is 10.8 Å². The van der Waals surface area contributed by atoms with Crippen LogP contribution in [-0.4, -0.2) is 58.5 Å². The molecule has 2 rings (SSSR count). The molecule has 0 spiro atoms. The molecular formula is C25H44N8O4S2. The highest BCUT2D eigenvalue weighted by Crippen LogP contribution is 2.25. The van der Waals surface area contributed by atoms with Gasteiger partial charge in [0.15, 0.2) is 10.2 Å². The highest BCUT2D eigenvalue weighted by atomic mass is 32.1. The predicted molar refractivity (Wildman–Crippen MR) is 161 cm³/mol. The Bertz CT molecular complexity index is 1150. The zero-order valence-electron chi connectivity index (χ0n) is 23.8. The van der Waals surface area contributed by atoms with Crippen LogP contribution in [0.3, 0.4) is 0 Å². The number of nitrogens with one attached hydrogen (secondary N) is 4. The molecule has 0 bridgehead atoms. The normalized spacial score (nSPS) is 11.8. The zero-order valence-corrected chi connectivity index (χ0v) is 25.5. The van der Waals surface area contributed by atoms with Crippen molar-refractivity contribution >= 4 is 34.7 Å². The molecule has 220 valence electrons. The minimum absolute atomic E-state index is 0.0271. The Kier molecular flexibility index (Phi) is 11.5. The largest absolute Gasteiger partial charge is 0.493 e. The Balaban J connectivity index is 1.66. The van der Waals surface area contributed by atoms with E-state index in [2.05, 4.69) is 21.3 Å². The summed E-state index contributed by atoms with van der Waals surface area (Å²) >= 11 is 10.7. The van der Waals surface area contributed by atoms with Gasteiger partial charge in [-0.15, -0.1) is 0 Å². The van der Waals surface area contributed by atoms with E-state index < -0.39 is 0 Å². The molecule has 0 fully saturated rings. The monoisotopic (exact) mass is 584 g/mol. The van der Waals surface area contributed by atoms with Gasteiger partial charge in [-0.25, -0.2) is 9.59 Å². The van der Waals surface area contributed by atoms with Gasteiger partial charge in [0.1, 0.15) is 0 Å². The molecule has 0 aliphatic heterocycles. The molecule has 6 N–H and O–H groups in total. The van der Waals surface area contributed by atoms with Crippen LogP contribution in [0.1, 0.15) is 54.4 Å². The van der Waals surface area contributed by atoms with Crippen LogP contribution in [0.2, 0.25) is 0 Å². The molecule has 2 aromatic rings. The van der Waals surface area contributed by atoms with Crippen molar-refractivity contribution in [2.24, 2.45) is 10.8 Å². The van der Waals surface area contributed by atoms with Crippen molar-refractivity contribution in [1.29, 1.82) is 0 Å². The van der Waals surface area contributed by atoms with Gasteiger partial charge in [0.25, 0.3) is 0 Å². The second kappa shape index (κ2) is 13.9. The molecule has 0 atom stereocenters. The number of aryl methyl sites for hydroxylation is 2. The SMILES string of the molecule is CCn1cc(O)n(CC(C)(C)CCNC(=S)NCNC(=S)NCCC(C)(C)Cn2c(O)cn(CC)c2=O)c1=O. The Hall–Kier alpha value is -3.00. The van der Waals surface area contributed by atoms with Crippen LogP contribution in [-0.2, 0) is 26.2 Å². The first-order valence-electron chi connectivity index (χ1n) is 13.2. The van der Waals surface area contributed by atoms with Crippen molar-refractivity contribution in [3.63, 3.8) is 0 Å². The van der Waals surface area contributed by atoms with Gasteiger partial charge >= 0.3 is 11.4 Å². The van der Waals surface area contributed by atoms with Crippen LogP contribution in [0.25, 0.3) is 0 Å². The third-order valence-corrected chi connectivity index (χ3v) is 7.15. The summed E-state index contributed by atoms with van der Waals surface area (Å²) in [4.78, 5) is 24.7. The van der Waals surface area contributed by atoms with Gasteiger partial charge < -0.3 is 31.5 Å². The highest BCUT2D eigenvalue weighted by molar-refractivity contribution is 7.80. The molecule has 0 aliphatic rings. The summed E-state index contributed by atoms with van der Waals surface area (Å²) in [6.07, 6.45) is 4.38. The van der Waals surface area contributed by atoms with E-state index in [-0.39, 0.29) is 34.0 Å². The molecule has 12 nitrogen and oxygen atoms in total. The Morgan fingerprint density at radius 1 is 0.744 bits per heavy atom. The summed E-state index contributed by atoms with van der Waals surface area (Å²) < 4.78 is 5.75. The molecule has 2 heterocycles. The summed E-state index contributed by atoms with van der Waals surface area (Å²) in [6, 6.07) is 0. The summed E-state index contributed by atoms with van der Waals surface area (Å²) in [6.45, 7) is 15.2. The quantitative estimate of drug-likeness (QED) is 0.143. The standard InChI is InChI=1S/C25H44N8O4S2/c1-7-30-13-18(34)32(22(30)36)15-24(3,4)9-11-26-20(38)28-17-29-21(39)27-12-10-25(5,6)16-33-19(35)14-31(8-2)23(33)37/h13-14,34-35H,7-12,15-17H2,1-6H3,(H2,26,28,38)(H2,27,29,39). The highest BCUT2D eigenvalue weighted by Gasteiger charge is 2.23. The number of hydrogen-bond donors (Lipinski definition) is 6. The van der Waals surface area contributed by atoms with Crippen LogP contribution in [0.5, 0.6) is 11.8 Å². The fourth-order valence-corrected chi connectivity index (χ4v) is 4.51. The van der Waals surface area contributed by atoms with Crippen molar-refractivity contribution in [3.8, 4) is 11.8 Å². The molecule has 0 amide bonds. The van der Waals surface area contributed by atoms with Gasteiger partial charge in [0.05, 0.1) is 19.1 Å². The topological polar surface area (TPSA) is 142 Å². The lowest BCUT2D eigenvalue weighted by Crippen LogP contribution is -2.46. The maximum atomic E-state index is 12.4. The lowest BCUT2D eigenvalue weighted by Gasteiger charge is -2.26. The number of aromatic nitrogens is 4. The van der Waals surface area contributed by atoms with E-state index in [1.165, 1.54) is 30.7 Å². The molecule has 0 saturated carbocycles. The molecule has 0 radical (unpaired) electrons. The van der Waals surface area contributed by atoms with Gasteiger partial charge in [-0.1, -0.05) is 27.7 Å². The Labute approximate surface area is 240 Å². The average Bonchev–Trinajstić information content (AvgIpc) is 3.27. The van der Waals surface area contributed by atoms with Crippen molar-refractivity contribution < 1.29 is 10.2 Å². The number of thiocarbonyl (C=S) groups is 2. The molecular weight excluding hydrogens is 540 g/mol. The van der Waals surface area contributed by atoms with Crippen LogP contribution >= 0.6 is 24.4 Å². The van der Waals surface area contributed by atoms with Crippen molar-refractivity contribution in [3.05, 3.63) is 33.4 Å². The second-order valence-electron chi connectivity index (χ2n) is 11.2. The van der Waals surface area contributed by atoms with E-state index in [1.54, 1.807) is 0 Å². The third kappa shape index (κ3) is 9.60. The maximum Gasteiger partial charge on any atom is 0.331 e. The number of rotatable bonds is 14. The molecule has 0 saturated heterocycles. The van der Waals surface area contributed by atoms with Gasteiger partial charge in [-0.2, -0.15) is 0 Å². The number of imidazole rings is 2. The summed E-state index contributed by atoms with van der Waals surface area (Å²) in [5, 5.41) is 33.6. The zero-order chi connectivity index (χ0) is 29.4. The minimum Gasteiger partial charge on any atom is -0.493 e. The average molecular weight is 585 g/mol. The van der Waals surface area contributed by atoms with Gasteiger partial charge in [0.2, 0.25) is 11.8 Å². The smallest absolute Gasteiger partial charge is 0.331 e. The summed E-state index contributed by atoms with van der Waals surface area (Å²) in [5.74, 6) is -0.0542. The maximum absolute atomic E-state index is 12.4. The number of hydrogen-bond acceptors (Lipinski definition) is 6. The van der Waals surface area contributed by atoms with Crippen LogP contribution in [0.15, 0.2) is 22.0 Å². The molecule has 0 unspecified atom stereocenters. The second-order valence-corrected chi connectivity index (χ2v) is 12.0. The van der Waals surface area contributed by atoms with E-state index in [4.69, 9.17) is 24.4 Å². The third-order valence-electron chi connectivity index (χ3n) is 6.58. The number of nitrogens with zero attached hydrogens (tertiary/aromatic N) is 4. The molecule has 39 heavy (non-hydrogen) atoms. The molecule has 14 heteroatoms. The first-order chi connectivity index (χ1) is 18.2. The molecule has 0 aromatic carbocycles. The fourth-order valence-electron chi connectivity index (χ4n) is 4.16. The lowest BCUT2D eigenvalue weighted by atomic mass is 9.89. The van der Waals surface area contributed by atoms with Crippen molar-refractivity contribution in [1.82, 2.24) is 39.5 Å². The first-order valence-corrected chi connectivity index (χ1v) is 14.0. The number of aromatic hydroxyl groups is 2. The van der Waals surface area contributed by atoms with E-state index in [0.717, 1.165) is 12.8 Å².